The van der Waals surface area contributed by atoms with E-state index in [-0.39, 0.29) is 16.7 Å². The highest BCUT2D eigenvalue weighted by Gasteiger charge is 2.46. The van der Waals surface area contributed by atoms with E-state index >= 15 is 0 Å². The van der Waals surface area contributed by atoms with Crippen molar-refractivity contribution in [2.24, 2.45) is 0 Å². The van der Waals surface area contributed by atoms with E-state index in [0.29, 0.717) is 11.1 Å². The summed E-state index contributed by atoms with van der Waals surface area (Å²) in [6.45, 7) is 5.12. The van der Waals surface area contributed by atoms with E-state index in [1.807, 2.05) is 25.1 Å². The van der Waals surface area contributed by atoms with Crippen LogP contribution in [0.25, 0.3) is 0 Å². The molecular formula is C20H22N4O3S. The number of hydrogen-bond donors (Lipinski definition) is 1. The first kappa shape index (κ1) is 21.4. The zero-order valence-corrected chi connectivity index (χ0v) is 16.9. The Morgan fingerprint density at radius 3 is 2.14 bits per heavy atom. The second kappa shape index (κ2) is 7.97. The monoisotopic (exact) mass is 398 g/mol. The van der Waals surface area contributed by atoms with Crippen LogP contribution in [0.4, 0.5) is 0 Å². The van der Waals surface area contributed by atoms with Gasteiger partial charge in [0.25, 0.3) is 0 Å². The molecule has 2 aromatic rings. The number of aromatic nitrogens is 1. The molecule has 1 saturated carbocycles. The van der Waals surface area contributed by atoms with Gasteiger partial charge in [0.05, 0.1) is 22.4 Å². The molecule has 1 aromatic heterocycles. The Kier molecular flexibility index (Phi) is 6.08. The molecule has 2 N–H and O–H groups in total. The van der Waals surface area contributed by atoms with Crippen molar-refractivity contribution in [1.29, 1.82) is 10.5 Å². The minimum absolute atomic E-state index is 0.0851. The lowest BCUT2D eigenvalue weighted by molar-refractivity contribution is -0.646. The fraction of sp³-hybridized carbons (Fsp3) is 0.350. The minimum Gasteiger partial charge on any atom is -0.744 e. The average molecular weight is 398 g/mol. The summed E-state index contributed by atoms with van der Waals surface area (Å²) in [4.78, 5) is -0.0851. The van der Waals surface area contributed by atoms with Gasteiger partial charge in [-0.2, -0.15) is 10.5 Å². The Morgan fingerprint density at radius 1 is 1.18 bits per heavy atom. The smallest absolute Gasteiger partial charge is 0.225 e. The van der Waals surface area contributed by atoms with Gasteiger partial charge in [-0.3, -0.25) is 0 Å². The van der Waals surface area contributed by atoms with Gasteiger partial charge >= 0.3 is 0 Å². The number of nitrogens with zero attached hydrogens (tertiary/aromatic N) is 3. The predicted molar refractivity (Wildman–Crippen MR) is 101 cm³/mol. The van der Waals surface area contributed by atoms with Gasteiger partial charge in [0, 0.05) is 11.6 Å². The Labute approximate surface area is 165 Å². The topological polar surface area (TPSA) is 135 Å². The minimum atomic E-state index is -4.33. The number of pyridine rings is 1. The van der Waals surface area contributed by atoms with Crippen molar-refractivity contribution < 1.29 is 17.6 Å². The molecule has 1 aliphatic carbocycles. The molecule has 0 spiro atoms. The van der Waals surface area contributed by atoms with Crippen molar-refractivity contribution in [2.75, 3.05) is 5.84 Å². The molecule has 0 atom stereocenters. The summed E-state index contributed by atoms with van der Waals surface area (Å²) in [6, 6.07) is 11.5. The molecule has 8 heteroatoms. The largest absolute Gasteiger partial charge is 0.744 e. The number of aryl methyl sites for hydroxylation is 3. The van der Waals surface area contributed by atoms with Crippen LogP contribution in [0.1, 0.15) is 40.8 Å². The third-order valence-electron chi connectivity index (χ3n) is 4.70. The fourth-order valence-electron chi connectivity index (χ4n) is 3.21. The Morgan fingerprint density at radius 2 is 1.75 bits per heavy atom. The second-order valence-corrected chi connectivity index (χ2v) is 8.34. The van der Waals surface area contributed by atoms with Crippen LogP contribution in [-0.2, 0) is 22.0 Å². The van der Waals surface area contributed by atoms with Gasteiger partial charge in [0.2, 0.25) is 11.9 Å². The first-order valence-electron chi connectivity index (χ1n) is 8.66. The molecule has 0 amide bonds. The lowest BCUT2D eigenvalue weighted by Crippen LogP contribution is -2.48. The summed E-state index contributed by atoms with van der Waals surface area (Å²) in [5.74, 6) is 5.74. The quantitative estimate of drug-likeness (QED) is 0.476. The highest BCUT2D eigenvalue weighted by Crippen LogP contribution is 2.46. The van der Waals surface area contributed by atoms with Crippen molar-refractivity contribution >= 4 is 10.1 Å². The molecule has 1 fully saturated rings. The lowest BCUT2D eigenvalue weighted by Gasteiger charge is -2.14. The molecule has 0 saturated heterocycles. The third kappa shape index (κ3) is 4.66. The summed E-state index contributed by atoms with van der Waals surface area (Å²) < 4.78 is 33.9. The van der Waals surface area contributed by atoms with Crippen molar-refractivity contribution in [3.05, 3.63) is 58.4 Å². The van der Waals surface area contributed by atoms with E-state index in [9.17, 15) is 13.0 Å². The molecule has 7 nitrogen and oxygen atoms in total. The van der Waals surface area contributed by atoms with Crippen molar-refractivity contribution in [2.45, 2.75) is 50.3 Å². The fourth-order valence-corrected chi connectivity index (χ4v) is 4.12. The summed E-state index contributed by atoms with van der Waals surface area (Å²) in [7, 11) is -4.33. The van der Waals surface area contributed by atoms with E-state index in [4.69, 9.17) is 16.4 Å². The van der Waals surface area contributed by atoms with Crippen LogP contribution in [0.15, 0.2) is 35.4 Å². The molecule has 1 heterocycles. The van der Waals surface area contributed by atoms with E-state index in [1.54, 1.807) is 32.2 Å². The summed E-state index contributed by atoms with van der Waals surface area (Å²) in [5.41, 5.74) is 3.40. The van der Waals surface area contributed by atoms with Crippen LogP contribution in [0, 0.1) is 43.4 Å². The van der Waals surface area contributed by atoms with E-state index in [1.165, 1.54) is 4.68 Å². The maximum atomic E-state index is 10.8. The first-order valence-corrected chi connectivity index (χ1v) is 10.1. The normalized spacial score (nSPS) is 14.2. The number of rotatable bonds is 3. The maximum Gasteiger partial charge on any atom is 0.225 e. The maximum absolute atomic E-state index is 10.8. The predicted octanol–water partition coefficient (Wildman–Crippen LogP) is 1.83. The zero-order chi connectivity index (χ0) is 21.1. The van der Waals surface area contributed by atoms with Gasteiger partial charge < -0.3 is 4.55 Å². The highest BCUT2D eigenvalue weighted by atomic mass is 32.2. The van der Waals surface area contributed by atoms with Gasteiger partial charge in [-0.1, -0.05) is 22.4 Å². The molecule has 0 unspecified atom stereocenters. The molecule has 28 heavy (non-hydrogen) atoms. The second-order valence-electron chi connectivity index (χ2n) is 7.03. The molecule has 1 aromatic carbocycles. The van der Waals surface area contributed by atoms with Gasteiger partial charge in [-0.05, 0) is 50.8 Å². The number of nitrogens with two attached hydrogens (primary N) is 1. The van der Waals surface area contributed by atoms with Crippen LogP contribution in [0.5, 0.6) is 0 Å². The van der Waals surface area contributed by atoms with Crippen LogP contribution in [0.3, 0.4) is 0 Å². The SMILES string of the molecule is Cc1cc(C)c(S(=O)(=O)[O-])c(C)c1.N#CCc1ccc(C2(C#N)CC2)c[n+]1N. The molecule has 1 aliphatic rings. The molecule has 146 valence electrons. The Hall–Kier alpha value is -2.94. The zero-order valence-electron chi connectivity index (χ0n) is 16.1. The standard InChI is InChI=1S/C11H11N4.C9H12O3S/c12-6-3-10-2-1-9(7-15(10)14)11(8-13)4-5-11;1-6-4-7(2)9(8(3)5-6)13(10,11)12/h1-2,7H,3-5,14H2;4-5H,1-3H3,(H,10,11,12)/q+1;/p-1. The Balaban J connectivity index is 0.000000203. The molecule has 0 bridgehead atoms. The van der Waals surface area contributed by atoms with E-state index in [2.05, 4.69) is 6.07 Å². The first-order chi connectivity index (χ1) is 13.0. The summed E-state index contributed by atoms with van der Waals surface area (Å²) in [6.07, 6.45) is 3.85. The third-order valence-corrected chi connectivity index (χ3v) is 5.84. The molecular weight excluding hydrogens is 376 g/mol. The molecule has 3 rings (SSSR count). The highest BCUT2D eigenvalue weighted by molar-refractivity contribution is 7.85. The van der Waals surface area contributed by atoms with E-state index in [0.717, 1.165) is 29.7 Å². The van der Waals surface area contributed by atoms with Crippen molar-refractivity contribution in [3.8, 4) is 12.1 Å². The van der Waals surface area contributed by atoms with Crippen LogP contribution >= 0.6 is 0 Å². The van der Waals surface area contributed by atoms with Crippen molar-refractivity contribution in [3.63, 3.8) is 0 Å². The molecule has 0 aliphatic heterocycles. The van der Waals surface area contributed by atoms with Crippen LogP contribution in [-0.4, -0.2) is 13.0 Å². The number of nitrogen functional groups attached to an aromatic ring is 1. The van der Waals surface area contributed by atoms with Crippen LogP contribution < -0.4 is 10.5 Å². The average Bonchev–Trinajstić information content (AvgIpc) is 3.36. The van der Waals surface area contributed by atoms with Gasteiger partial charge in [0.1, 0.15) is 16.5 Å². The van der Waals surface area contributed by atoms with Gasteiger partial charge in [0.15, 0.2) is 0 Å². The number of benzene rings is 1. The Bertz CT molecular complexity index is 1070. The van der Waals surface area contributed by atoms with E-state index < -0.39 is 10.1 Å². The summed E-state index contributed by atoms with van der Waals surface area (Å²) in [5, 5.41) is 17.6. The lowest BCUT2D eigenvalue weighted by atomic mass is 9.99. The molecule has 0 radical (unpaired) electrons. The van der Waals surface area contributed by atoms with Crippen molar-refractivity contribution in [1.82, 2.24) is 0 Å². The van der Waals surface area contributed by atoms with Gasteiger partial charge in [-0.25, -0.2) is 14.3 Å². The number of nitriles is 2. The van der Waals surface area contributed by atoms with Crippen LogP contribution in [0.2, 0.25) is 0 Å². The number of hydrogen-bond acceptors (Lipinski definition) is 6. The van der Waals surface area contributed by atoms with Gasteiger partial charge in [-0.15, -0.1) is 0 Å². The summed E-state index contributed by atoms with van der Waals surface area (Å²) >= 11 is 0.